The zero-order valence-electron chi connectivity index (χ0n) is 16.2. The Labute approximate surface area is 161 Å². The molecule has 146 valence electrons. The highest BCUT2D eigenvalue weighted by Crippen LogP contribution is 2.22. The van der Waals surface area contributed by atoms with Crippen molar-refractivity contribution >= 4 is 17.6 Å². The van der Waals surface area contributed by atoms with E-state index in [0.29, 0.717) is 12.1 Å². The highest BCUT2D eigenvalue weighted by Gasteiger charge is 2.34. The van der Waals surface area contributed by atoms with Crippen LogP contribution in [0.5, 0.6) is 0 Å². The molecule has 1 saturated carbocycles. The largest absolute Gasteiger partial charge is 0.352 e. The van der Waals surface area contributed by atoms with Crippen molar-refractivity contribution in [2.75, 3.05) is 6.54 Å². The van der Waals surface area contributed by atoms with Crippen LogP contribution in [0.1, 0.15) is 73.7 Å². The van der Waals surface area contributed by atoms with Gasteiger partial charge in [0.05, 0.1) is 0 Å². The molecular weight excluding hydrogens is 340 g/mol. The molecule has 1 aliphatic heterocycles. The van der Waals surface area contributed by atoms with Crippen molar-refractivity contribution in [3.63, 3.8) is 0 Å². The third-order valence-corrected chi connectivity index (χ3v) is 5.77. The molecule has 5 nitrogen and oxygen atoms in total. The second-order valence-corrected chi connectivity index (χ2v) is 7.88. The fourth-order valence-electron chi connectivity index (χ4n) is 4.13. The van der Waals surface area contributed by atoms with Gasteiger partial charge >= 0.3 is 0 Å². The Bertz CT molecular complexity index is 677. The van der Waals surface area contributed by atoms with Gasteiger partial charge in [0.15, 0.2) is 5.78 Å². The number of rotatable bonds is 6. The van der Waals surface area contributed by atoms with Crippen LogP contribution in [0.15, 0.2) is 24.3 Å². The smallest absolute Gasteiger partial charge is 0.243 e. The Morgan fingerprint density at radius 2 is 1.67 bits per heavy atom. The first kappa shape index (κ1) is 19.6. The van der Waals surface area contributed by atoms with Crippen molar-refractivity contribution in [1.29, 1.82) is 0 Å². The number of amides is 2. The summed E-state index contributed by atoms with van der Waals surface area (Å²) in [5.41, 5.74) is 1.74. The van der Waals surface area contributed by atoms with Gasteiger partial charge in [0.25, 0.3) is 0 Å². The van der Waals surface area contributed by atoms with Gasteiger partial charge in [-0.05, 0) is 32.6 Å². The Morgan fingerprint density at radius 1 is 0.963 bits per heavy atom. The molecule has 1 aromatic carbocycles. The van der Waals surface area contributed by atoms with Crippen LogP contribution < -0.4 is 5.32 Å². The molecule has 2 amide bonds. The van der Waals surface area contributed by atoms with Crippen molar-refractivity contribution in [2.45, 2.75) is 76.8 Å². The number of nitrogens with zero attached hydrogens (tertiary/aromatic N) is 1. The number of hydrogen-bond donors (Lipinski definition) is 1. The van der Waals surface area contributed by atoms with Crippen LogP contribution in [0.4, 0.5) is 0 Å². The Morgan fingerprint density at radius 3 is 2.37 bits per heavy atom. The van der Waals surface area contributed by atoms with E-state index >= 15 is 0 Å². The monoisotopic (exact) mass is 370 g/mol. The van der Waals surface area contributed by atoms with Crippen molar-refractivity contribution in [2.24, 2.45) is 0 Å². The highest BCUT2D eigenvalue weighted by atomic mass is 16.2. The second-order valence-electron chi connectivity index (χ2n) is 7.88. The molecular formula is C22H30N2O3. The summed E-state index contributed by atoms with van der Waals surface area (Å²) in [6, 6.07) is 7.31. The van der Waals surface area contributed by atoms with E-state index in [0.717, 1.165) is 31.2 Å². The number of aryl methyl sites for hydroxylation is 1. The minimum Gasteiger partial charge on any atom is -0.352 e. The van der Waals surface area contributed by atoms with E-state index in [9.17, 15) is 14.4 Å². The average Bonchev–Trinajstić information content (AvgIpc) is 3.17. The Kier molecular flexibility index (Phi) is 6.64. The first-order valence-corrected chi connectivity index (χ1v) is 10.2. The summed E-state index contributed by atoms with van der Waals surface area (Å²) >= 11 is 0. The summed E-state index contributed by atoms with van der Waals surface area (Å²) in [4.78, 5) is 39.3. The number of hydrogen-bond acceptors (Lipinski definition) is 3. The van der Waals surface area contributed by atoms with E-state index in [1.165, 1.54) is 19.3 Å². The molecule has 1 atom stereocenters. The summed E-state index contributed by atoms with van der Waals surface area (Å²) in [7, 11) is 0. The van der Waals surface area contributed by atoms with Crippen LogP contribution in [-0.4, -0.2) is 41.1 Å². The van der Waals surface area contributed by atoms with Crippen molar-refractivity contribution in [3.8, 4) is 0 Å². The summed E-state index contributed by atoms with van der Waals surface area (Å²) in [5, 5.41) is 3.14. The lowest BCUT2D eigenvalue weighted by atomic mass is 9.95. The quantitative estimate of drug-likeness (QED) is 0.781. The minimum absolute atomic E-state index is 0.0161. The molecule has 1 aliphatic carbocycles. The maximum atomic E-state index is 12.6. The van der Waals surface area contributed by atoms with Crippen molar-refractivity contribution < 1.29 is 14.4 Å². The number of carbonyl (C=O) groups is 3. The average molecular weight is 370 g/mol. The summed E-state index contributed by atoms with van der Waals surface area (Å²) < 4.78 is 0. The number of likely N-dealkylation sites (tertiary alicyclic amines) is 1. The second kappa shape index (κ2) is 9.16. The number of benzene rings is 1. The van der Waals surface area contributed by atoms with Gasteiger partial charge < -0.3 is 10.2 Å². The molecule has 0 spiro atoms. The number of carbonyl (C=O) groups excluding carboxylic acids is 3. The van der Waals surface area contributed by atoms with E-state index in [4.69, 9.17) is 0 Å². The zero-order chi connectivity index (χ0) is 19.2. The molecule has 1 N–H and O–H groups in total. The highest BCUT2D eigenvalue weighted by molar-refractivity contribution is 5.98. The molecule has 27 heavy (non-hydrogen) atoms. The molecule has 0 aromatic heterocycles. The first-order valence-electron chi connectivity index (χ1n) is 10.2. The molecule has 2 aliphatic rings. The van der Waals surface area contributed by atoms with E-state index in [1.807, 2.05) is 19.1 Å². The Hall–Kier alpha value is -2.17. The molecule has 3 rings (SSSR count). The van der Waals surface area contributed by atoms with Crippen LogP contribution in [0.25, 0.3) is 0 Å². The van der Waals surface area contributed by atoms with Gasteiger partial charge in [0.1, 0.15) is 6.04 Å². The van der Waals surface area contributed by atoms with Crippen LogP contribution in [0.2, 0.25) is 0 Å². The molecule has 1 saturated heterocycles. The van der Waals surface area contributed by atoms with E-state index in [1.54, 1.807) is 17.0 Å². The molecule has 0 unspecified atom stereocenters. The first-order chi connectivity index (χ1) is 13.0. The lowest BCUT2D eigenvalue weighted by molar-refractivity contribution is -0.138. The lowest BCUT2D eigenvalue weighted by Gasteiger charge is -2.28. The number of Topliss-reactive ketones (excluding diaryl/α,β-unsaturated/α-hetero) is 1. The summed E-state index contributed by atoms with van der Waals surface area (Å²) in [6.45, 7) is 2.59. The van der Waals surface area contributed by atoms with Gasteiger partial charge in [-0.15, -0.1) is 0 Å². The van der Waals surface area contributed by atoms with Gasteiger partial charge in [-0.1, -0.05) is 49.1 Å². The predicted octanol–water partition coefficient (Wildman–Crippen LogP) is 3.40. The van der Waals surface area contributed by atoms with Crippen LogP contribution in [0, 0.1) is 6.92 Å². The van der Waals surface area contributed by atoms with E-state index in [2.05, 4.69) is 5.32 Å². The molecule has 1 heterocycles. The van der Waals surface area contributed by atoms with E-state index in [-0.39, 0.29) is 42.5 Å². The molecule has 5 heteroatoms. The summed E-state index contributed by atoms with van der Waals surface area (Å²) in [6.07, 6.45) is 7.58. The minimum atomic E-state index is -0.367. The van der Waals surface area contributed by atoms with Gasteiger partial charge in [0.2, 0.25) is 11.8 Å². The molecule has 0 radical (unpaired) electrons. The van der Waals surface area contributed by atoms with Gasteiger partial charge in [-0.3, -0.25) is 14.4 Å². The van der Waals surface area contributed by atoms with Crippen molar-refractivity contribution in [1.82, 2.24) is 10.2 Å². The maximum absolute atomic E-state index is 12.6. The van der Waals surface area contributed by atoms with Crippen LogP contribution in [0.3, 0.4) is 0 Å². The molecule has 2 fully saturated rings. The Balaban J connectivity index is 1.51. The predicted molar refractivity (Wildman–Crippen MR) is 104 cm³/mol. The zero-order valence-corrected chi connectivity index (χ0v) is 16.2. The third kappa shape index (κ3) is 5.18. The van der Waals surface area contributed by atoms with Crippen LogP contribution >= 0.6 is 0 Å². The fraction of sp³-hybridized carbons (Fsp3) is 0.591. The lowest BCUT2D eigenvalue weighted by Crippen LogP contribution is -2.49. The summed E-state index contributed by atoms with van der Waals surface area (Å²) in [5.74, 6) is -0.125. The third-order valence-electron chi connectivity index (χ3n) is 5.77. The number of ketones is 1. The van der Waals surface area contributed by atoms with E-state index < -0.39 is 0 Å². The number of nitrogens with one attached hydrogen (secondary N) is 1. The van der Waals surface area contributed by atoms with Crippen molar-refractivity contribution in [3.05, 3.63) is 35.4 Å². The van der Waals surface area contributed by atoms with Gasteiger partial charge in [-0.2, -0.15) is 0 Å². The van der Waals surface area contributed by atoms with Crippen LogP contribution in [-0.2, 0) is 9.59 Å². The van der Waals surface area contributed by atoms with Gasteiger partial charge in [0, 0.05) is 31.0 Å². The standard InChI is InChI=1S/C22H30N2O3/c1-16-9-11-17(12-10-16)20(25)13-14-21(26)24-15-5-8-19(24)22(27)23-18-6-3-2-4-7-18/h9-12,18-19H,2-8,13-15H2,1H3,(H,23,27)/t19-/m1/s1. The fourth-order valence-corrected chi connectivity index (χ4v) is 4.13. The van der Waals surface area contributed by atoms with Gasteiger partial charge in [-0.25, -0.2) is 0 Å². The SMILES string of the molecule is Cc1ccc(C(=O)CCC(=O)N2CCC[C@@H]2C(=O)NC2CCCCC2)cc1. The molecule has 0 bridgehead atoms. The normalized spacial score (nSPS) is 20.5. The molecule has 1 aromatic rings. The maximum Gasteiger partial charge on any atom is 0.243 e. The topological polar surface area (TPSA) is 66.5 Å².